The summed E-state index contributed by atoms with van der Waals surface area (Å²) in [6, 6.07) is 5.99. The van der Waals surface area contributed by atoms with Crippen LogP contribution in [0.4, 0.5) is 4.79 Å². The van der Waals surface area contributed by atoms with Crippen molar-refractivity contribution < 1.29 is 9.90 Å². The fourth-order valence-corrected chi connectivity index (χ4v) is 2.02. The highest BCUT2D eigenvalue weighted by atomic mass is 79.9. The van der Waals surface area contributed by atoms with Crippen molar-refractivity contribution in [3.05, 3.63) is 34.4 Å². The Labute approximate surface area is 101 Å². The van der Waals surface area contributed by atoms with Crippen LogP contribution in [0.5, 0.6) is 0 Å². The van der Waals surface area contributed by atoms with Gasteiger partial charge < -0.3 is 15.4 Å². The molecule has 0 aliphatic rings. The molecule has 0 bridgehead atoms. The molecule has 1 aromatic carbocycles. The molecule has 5 heteroatoms. The number of hydrogen-bond acceptors (Lipinski definition) is 1. The van der Waals surface area contributed by atoms with Crippen molar-refractivity contribution in [2.45, 2.75) is 6.42 Å². The Kier molecular flexibility index (Phi) is 3.14. The quantitative estimate of drug-likeness (QED) is 0.811. The van der Waals surface area contributed by atoms with Gasteiger partial charge in [-0.1, -0.05) is 15.9 Å². The maximum absolute atomic E-state index is 10.3. The number of benzene rings is 1. The normalized spacial score (nSPS) is 10.6. The van der Waals surface area contributed by atoms with Crippen LogP contribution in [-0.2, 0) is 6.42 Å². The first-order valence-corrected chi connectivity index (χ1v) is 5.68. The van der Waals surface area contributed by atoms with Gasteiger partial charge in [-0.2, -0.15) is 0 Å². The number of aromatic amines is 1. The van der Waals surface area contributed by atoms with E-state index in [9.17, 15) is 4.79 Å². The van der Waals surface area contributed by atoms with Crippen LogP contribution < -0.4 is 5.32 Å². The molecule has 0 saturated carbocycles. The fraction of sp³-hybridized carbons (Fsp3) is 0.182. The summed E-state index contributed by atoms with van der Waals surface area (Å²) in [5.41, 5.74) is 2.18. The van der Waals surface area contributed by atoms with E-state index >= 15 is 0 Å². The second-order valence-corrected chi connectivity index (χ2v) is 4.40. The van der Waals surface area contributed by atoms with Gasteiger partial charge in [0, 0.05) is 28.1 Å². The zero-order valence-electron chi connectivity index (χ0n) is 8.46. The minimum Gasteiger partial charge on any atom is -0.465 e. The van der Waals surface area contributed by atoms with E-state index in [2.05, 4.69) is 26.2 Å². The van der Waals surface area contributed by atoms with E-state index < -0.39 is 6.09 Å². The van der Waals surface area contributed by atoms with Gasteiger partial charge in [-0.05, 0) is 30.2 Å². The van der Waals surface area contributed by atoms with Crippen molar-refractivity contribution in [2.24, 2.45) is 0 Å². The number of aromatic nitrogens is 1. The minimum atomic E-state index is -0.985. The molecule has 0 aliphatic heterocycles. The van der Waals surface area contributed by atoms with Crippen LogP contribution in [0.1, 0.15) is 5.56 Å². The van der Waals surface area contributed by atoms with Crippen LogP contribution >= 0.6 is 15.9 Å². The van der Waals surface area contributed by atoms with Gasteiger partial charge in [0.1, 0.15) is 0 Å². The van der Waals surface area contributed by atoms with E-state index in [0.717, 1.165) is 20.9 Å². The Morgan fingerprint density at radius 3 is 3.06 bits per heavy atom. The topological polar surface area (TPSA) is 65.1 Å². The first-order valence-electron chi connectivity index (χ1n) is 4.89. The van der Waals surface area contributed by atoms with Crippen LogP contribution in [0, 0.1) is 0 Å². The van der Waals surface area contributed by atoms with Gasteiger partial charge in [0.05, 0.1) is 0 Å². The summed E-state index contributed by atoms with van der Waals surface area (Å²) < 4.78 is 1.02. The number of hydrogen-bond donors (Lipinski definition) is 3. The molecule has 1 amide bonds. The van der Waals surface area contributed by atoms with Gasteiger partial charge in [0.2, 0.25) is 0 Å². The van der Waals surface area contributed by atoms with Gasteiger partial charge >= 0.3 is 6.09 Å². The first-order chi connectivity index (χ1) is 7.66. The van der Waals surface area contributed by atoms with Crippen LogP contribution in [0.3, 0.4) is 0 Å². The summed E-state index contributed by atoms with van der Waals surface area (Å²) in [5, 5.41) is 12.0. The van der Waals surface area contributed by atoms with Gasteiger partial charge in [-0.15, -0.1) is 0 Å². The highest BCUT2D eigenvalue weighted by Gasteiger charge is 2.04. The molecule has 0 atom stereocenters. The van der Waals surface area contributed by atoms with E-state index in [1.54, 1.807) is 0 Å². The molecule has 1 heterocycles. The molecule has 4 nitrogen and oxygen atoms in total. The Bertz CT molecular complexity index is 522. The van der Waals surface area contributed by atoms with Gasteiger partial charge in [0.25, 0.3) is 0 Å². The molecule has 2 aromatic rings. The predicted octanol–water partition coefficient (Wildman–Crippen LogP) is 2.74. The summed E-state index contributed by atoms with van der Waals surface area (Å²) in [6.45, 7) is 0.425. The fourth-order valence-electron chi connectivity index (χ4n) is 1.66. The lowest BCUT2D eigenvalue weighted by atomic mass is 10.1. The second kappa shape index (κ2) is 4.57. The van der Waals surface area contributed by atoms with Crippen molar-refractivity contribution in [1.29, 1.82) is 0 Å². The average molecular weight is 283 g/mol. The number of carboxylic acid groups (broad SMARTS) is 1. The summed E-state index contributed by atoms with van der Waals surface area (Å²) in [5.74, 6) is 0. The predicted molar refractivity (Wildman–Crippen MR) is 65.7 cm³/mol. The standard InChI is InChI=1S/C11H11BrN2O2/c12-8-1-2-10-9(5-8)7(6-14-10)3-4-13-11(15)16/h1-2,5-6,13-14H,3-4H2,(H,15,16). The maximum Gasteiger partial charge on any atom is 0.404 e. The van der Waals surface area contributed by atoms with Crippen molar-refractivity contribution >= 4 is 32.9 Å². The number of fused-ring (bicyclic) bond motifs is 1. The molecule has 0 saturated heterocycles. The molecule has 84 valence electrons. The lowest BCUT2D eigenvalue weighted by Gasteiger charge is -2.00. The maximum atomic E-state index is 10.3. The summed E-state index contributed by atoms with van der Waals surface area (Å²) >= 11 is 3.42. The molecular formula is C11H11BrN2O2. The van der Waals surface area contributed by atoms with Crippen molar-refractivity contribution in [2.75, 3.05) is 6.54 Å². The molecule has 0 spiro atoms. The van der Waals surface area contributed by atoms with E-state index in [0.29, 0.717) is 13.0 Å². The molecule has 2 rings (SSSR count). The number of H-pyrrole nitrogens is 1. The van der Waals surface area contributed by atoms with E-state index in [1.165, 1.54) is 0 Å². The van der Waals surface area contributed by atoms with E-state index in [4.69, 9.17) is 5.11 Å². The number of rotatable bonds is 3. The lowest BCUT2D eigenvalue weighted by Crippen LogP contribution is -2.23. The van der Waals surface area contributed by atoms with Crippen molar-refractivity contribution in [3.8, 4) is 0 Å². The molecular weight excluding hydrogens is 272 g/mol. The molecule has 0 radical (unpaired) electrons. The Balaban J connectivity index is 2.17. The number of amides is 1. The monoisotopic (exact) mass is 282 g/mol. The Morgan fingerprint density at radius 1 is 1.50 bits per heavy atom. The highest BCUT2D eigenvalue weighted by molar-refractivity contribution is 9.10. The Morgan fingerprint density at radius 2 is 2.31 bits per heavy atom. The third kappa shape index (κ3) is 2.36. The number of carbonyl (C=O) groups is 1. The molecule has 0 fully saturated rings. The third-order valence-corrected chi connectivity index (χ3v) is 2.89. The van der Waals surface area contributed by atoms with Crippen molar-refractivity contribution in [3.63, 3.8) is 0 Å². The lowest BCUT2D eigenvalue weighted by molar-refractivity contribution is 0.194. The highest BCUT2D eigenvalue weighted by Crippen LogP contribution is 2.22. The van der Waals surface area contributed by atoms with Gasteiger partial charge in [-0.3, -0.25) is 0 Å². The van der Waals surface area contributed by atoms with Crippen LogP contribution in [0.2, 0.25) is 0 Å². The zero-order chi connectivity index (χ0) is 11.5. The summed E-state index contributed by atoms with van der Waals surface area (Å²) in [4.78, 5) is 13.5. The molecule has 0 unspecified atom stereocenters. The largest absolute Gasteiger partial charge is 0.465 e. The van der Waals surface area contributed by atoms with Crippen LogP contribution in [0.25, 0.3) is 10.9 Å². The minimum absolute atomic E-state index is 0.425. The SMILES string of the molecule is O=C(O)NCCc1c[nH]c2ccc(Br)cc12. The number of halogens is 1. The number of nitrogens with one attached hydrogen (secondary N) is 2. The van der Waals surface area contributed by atoms with Crippen molar-refractivity contribution in [1.82, 2.24) is 10.3 Å². The summed E-state index contributed by atoms with van der Waals surface area (Å²) in [7, 11) is 0. The van der Waals surface area contributed by atoms with E-state index in [1.807, 2.05) is 24.4 Å². The molecule has 16 heavy (non-hydrogen) atoms. The van der Waals surface area contributed by atoms with Crippen LogP contribution in [0.15, 0.2) is 28.9 Å². The zero-order valence-corrected chi connectivity index (χ0v) is 10.0. The molecule has 0 aliphatic carbocycles. The van der Waals surface area contributed by atoms with E-state index in [-0.39, 0.29) is 0 Å². The van der Waals surface area contributed by atoms with Crippen LogP contribution in [-0.4, -0.2) is 22.7 Å². The molecule has 3 N–H and O–H groups in total. The average Bonchev–Trinajstić information content (AvgIpc) is 2.60. The summed E-state index contributed by atoms with van der Waals surface area (Å²) in [6.07, 6.45) is 1.62. The van der Waals surface area contributed by atoms with Gasteiger partial charge in [0.15, 0.2) is 0 Å². The third-order valence-electron chi connectivity index (χ3n) is 2.40. The smallest absolute Gasteiger partial charge is 0.404 e. The Hall–Kier alpha value is -1.49. The first kappa shape index (κ1) is 11.0. The second-order valence-electron chi connectivity index (χ2n) is 3.49. The molecule has 1 aromatic heterocycles. The van der Waals surface area contributed by atoms with Gasteiger partial charge in [-0.25, -0.2) is 4.79 Å².